The number of rotatable bonds is 6. The number of aliphatic hydroxyl groups is 1. The van der Waals surface area contributed by atoms with Crippen molar-refractivity contribution in [3.05, 3.63) is 59.5 Å². The maximum Gasteiger partial charge on any atom is 0.270 e. The third-order valence-electron chi connectivity index (χ3n) is 5.55. The number of aliphatic hydroxyl groups excluding tert-OH is 1. The summed E-state index contributed by atoms with van der Waals surface area (Å²) in [6, 6.07) is 11.7. The zero-order valence-electron chi connectivity index (χ0n) is 16.3. The Morgan fingerprint density at radius 3 is 2.86 bits per heavy atom. The predicted molar refractivity (Wildman–Crippen MR) is 108 cm³/mol. The van der Waals surface area contributed by atoms with E-state index in [1.165, 1.54) is 0 Å². The highest BCUT2D eigenvalue weighted by molar-refractivity contribution is 5.93. The minimum atomic E-state index is -0.286. The lowest BCUT2D eigenvalue weighted by molar-refractivity contribution is 0.0234. The lowest BCUT2D eigenvalue weighted by atomic mass is 9.75. The lowest BCUT2D eigenvalue weighted by Gasteiger charge is -2.38. The highest BCUT2D eigenvalue weighted by atomic mass is 16.3. The smallest absolute Gasteiger partial charge is 0.270 e. The molecule has 28 heavy (non-hydrogen) atoms. The van der Waals surface area contributed by atoms with Gasteiger partial charge in [-0.15, -0.1) is 0 Å². The first-order chi connectivity index (χ1) is 13.5. The van der Waals surface area contributed by atoms with Gasteiger partial charge in [0, 0.05) is 18.6 Å². The van der Waals surface area contributed by atoms with Crippen molar-refractivity contribution in [3.63, 3.8) is 0 Å². The van der Waals surface area contributed by atoms with E-state index < -0.39 is 0 Å². The molecule has 2 aromatic heterocycles. The first-order valence-corrected chi connectivity index (χ1v) is 9.91. The van der Waals surface area contributed by atoms with Gasteiger partial charge in [0.1, 0.15) is 5.69 Å². The van der Waals surface area contributed by atoms with Crippen LogP contribution in [-0.4, -0.2) is 31.9 Å². The summed E-state index contributed by atoms with van der Waals surface area (Å²) < 4.78 is 1.64. The molecule has 0 saturated heterocycles. The SMILES string of the molecule is CCCc1cc(C(=O)N[C@H](c2cnc3ccccc3c2)C2CC(O)C2)n(C)n1. The molecule has 6 heteroatoms. The van der Waals surface area contributed by atoms with Gasteiger partial charge in [-0.3, -0.25) is 14.5 Å². The van der Waals surface area contributed by atoms with E-state index in [1.807, 2.05) is 36.5 Å². The van der Waals surface area contributed by atoms with Gasteiger partial charge < -0.3 is 10.4 Å². The fourth-order valence-electron chi connectivity index (χ4n) is 3.97. The van der Waals surface area contributed by atoms with E-state index in [4.69, 9.17) is 0 Å². The number of amides is 1. The highest BCUT2D eigenvalue weighted by Crippen LogP contribution is 2.38. The maximum atomic E-state index is 13.0. The molecule has 0 radical (unpaired) electrons. The first kappa shape index (κ1) is 18.6. The van der Waals surface area contributed by atoms with Crippen LogP contribution in [0.25, 0.3) is 10.9 Å². The second-order valence-electron chi connectivity index (χ2n) is 7.69. The second kappa shape index (κ2) is 7.72. The van der Waals surface area contributed by atoms with Gasteiger partial charge in [-0.2, -0.15) is 5.10 Å². The summed E-state index contributed by atoms with van der Waals surface area (Å²) in [6.45, 7) is 2.10. The molecule has 0 spiro atoms. The monoisotopic (exact) mass is 378 g/mol. The number of aromatic nitrogens is 3. The molecule has 1 aliphatic carbocycles. The van der Waals surface area contributed by atoms with Crippen LogP contribution in [0.15, 0.2) is 42.6 Å². The third kappa shape index (κ3) is 3.64. The molecule has 2 heterocycles. The zero-order valence-corrected chi connectivity index (χ0v) is 16.3. The molecule has 0 bridgehead atoms. The Balaban J connectivity index is 1.62. The van der Waals surface area contributed by atoms with Crippen LogP contribution in [0.5, 0.6) is 0 Å². The third-order valence-corrected chi connectivity index (χ3v) is 5.55. The molecule has 1 aliphatic rings. The van der Waals surface area contributed by atoms with Gasteiger partial charge in [0.25, 0.3) is 5.91 Å². The molecular weight excluding hydrogens is 352 g/mol. The molecule has 146 valence electrons. The quantitative estimate of drug-likeness (QED) is 0.690. The topological polar surface area (TPSA) is 80.0 Å². The molecule has 3 aromatic rings. The number of carbonyl (C=O) groups is 1. The number of aryl methyl sites for hydroxylation is 2. The Bertz CT molecular complexity index is 991. The van der Waals surface area contributed by atoms with Gasteiger partial charge in [-0.05, 0) is 48.9 Å². The average molecular weight is 378 g/mol. The van der Waals surface area contributed by atoms with Crippen LogP contribution in [0.2, 0.25) is 0 Å². The number of hydrogen-bond donors (Lipinski definition) is 2. The highest BCUT2D eigenvalue weighted by Gasteiger charge is 2.36. The fourth-order valence-corrected chi connectivity index (χ4v) is 3.97. The van der Waals surface area contributed by atoms with E-state index in [-0.39, 0.29) is 24.0 Å². The van der Waals surface area contributed by atoms with Gasteiger partial charge in [-0.25, -0.2) is 0 Å². The van der Waals surface area contributed by atoms with E-state index in [0.29, 0.717) is 18.5 Å². The Labute approximate surface area is 164 Å². The van der Waals surface area contributed by atoms with Crippen LogP contribution < -0.4 is 5.32 Å². The van der Waals surface area contributed by atoms with Crippen molar-refractivity contribution in [2.24, 2.45) is 13.0 Å². The summed E-state index contributed by atoms with van der Waals surface area (Å²) >= 11 is 0. The van der Waals surface area contributed by atoms with E-state index >= 15 is 0 Å². The van der Waals surface area contributed by atoms with Gasteiger partial charge >= 0.3 is 0 Å². The van der Waals surface area contributed by atoms with Gasteiger partial charge in [0.15, 0.2) is 0 Å². The Kier molecular flexibility index (Phi) is 5.13. The van der Waals surface area contributed by atoms with E-state index in [1.54, 1.807) is 11.7 Å². The number of hydrogen-bond acceptors (Lipinski definition) is 4. The standard InChI is InChI=1S/C22H26N4O2/c1-3-6-17-12-20(26(2)25-17)22(28)24-21(15-10-18(27)11-15)16-9-14-7-4-5-8-19(14)23-13-16/h4-5,7-9,12-13,15,18,21,27H,3,6,10-11H2,1-2H3,(H,24,28)/t15?,18?,21-/m0/s1. The van der Waals surface area contributed by atoms with Crippen LogP contribution >= 0.6 is 0 Å². The van der Waals surface area contributed by atoms with Crippen LogP contribution in [0.4, 0.5) is 0 Å². The summed E-state index contributed by atoms with van der Waals surface area (Å²) in [6.07, 6.45) is 4.76. The van der Waals surface area contributed by atoms with Crippen molar-refractivity contribution in [2.75, 3.05) is 0 Å². The Hall–Kier alpha value is -2.73. The lowest BCUT2D eigenvalue weighted by Crippen LogP contribution is -2.41. The largest absolute Gasteiger partial charge is 0.393 e. The minimum absolute atomic E-state index is 0.142. The molecule has 6 nitrogen and oxygen atoms in total. The van der Waals surface area contributed by atoms with Gasteiger partial charge in [0.05, 0.1) is 23.4 Å². The summed E-state index contributed by atoms with van der Waals surface area (Å²) in [7, 11) is 1.80. The summed E-state index contributed by atoms with van der Waals surface area (Å²) in [5.74, 6) is 0.0575. The first-order valence-electron chi connectivity index (χ1n) is 9.91. The normalized spacial score (nSPS) is 20.0. The summed E-state index contributed by atoms with van der Waals surface area (Å²) in [4.78, 5) is 17.6. The number of fused-ring (bicyclic) bond motifs is 1. The van der Waals surface area contributed by atoms with Crippen LogP contribution in [0.1, 0.15) is 54.0 Å². The number of nitrogens with one attached hydrogen (secondary N) is 1. The zero-order chi connectivity index (χ0) is 19.7. The number of pyridine rings is 1. The van der Waals surface area contributed by atoms with Crippen molar-refractivity contribution in [1.82, 2.24) is 20.1 Å². The number of nitrogens with zero attached hydrogens (tertiary/aromatic N) is 3. The molecule has 4 rings (SSSR count). The summed E-state index contributed by atoms with van der Waals surface area (Å²) in [5.41, 5.74) is 3.39. The van der Waals surface area contributed by atoms with E-state index in [0.717, 1.165) is 35.0 Å². The van der Waals surface area contributed by atoms with Crippen molar-refractivity contribution < 1.29 is 9.90 Å². The predicted octanol–water partition coefficient (Wildman–Crippen LogP) is 3.16. The Morgan fingerprint density at radius 1 is 1.32 bits per heavy atom. The van der Waals surface area contributed by atoms with Crippen LogP contribution in [-0.2, 0) is 13.5 Å². The van der Waals surface area contributed by atoms with Crippen LogP contribution in [0, 0.1) is 5.92 Å². The number of para-hydroxylation sites is 1. The van der Waals surface area contributed by atoms with Crippen molar-refractivity contribution in [2.45, 2.75) is 44.8 Å². The minimum Gasteiger partial charge on any atom is -0.393 e. The number of benzene rings is 1. The molecule has 1 saturated carbocycles. The van der Waals surface area contributed by atoms with E-state index in [9.17, 15) is 9.90 Å². The average Bonchev–Trinajstić information content (AvgIpc) is 3.04. The van der Waals surface area contributed by atoms with Crippen molar-refractivity contribution in [3.8, 4) is 0 Å². The van der Waals surface area contributed by atoms with E-state index in [2.05, 4.69) is 28.4 Å². The van der Waals surface area contributed by atoms with Crippen molar-refractivity contribution in [1.29, 1.82) is 0 Å². The van der Waals surface area contributed by atoms with Gasteiger partial charge in [0.2, 0.25) is 0 Å². The molecule has 1 fully saturated rings. The molecule has 1 aromatic carbocycles. The summed E-state index contributed by atoms with van der Waals surface area (Å²) in [5, 5.41) is 18.5. The number of carbonyl (C=O) groups excluding carboxylic acids is 1. The second-order valence-corrected chi connectivity index (χ2v) is 7.69. The fraction of sp³-hybridized carbons (Fsp3) is 0.409. The molecule has 0 aliphatic heterocycles. The molecule has 0 unspecified atom stereocenters. The maximum absolute atomic E-state index is 13.0. The van der Waals surface area contributed by atoms with Gasteiger partial charge in [-0.1, -0.05) is 31.5 Å². The molecule has 2 N–H and O–H groups in total. The molecule has 1 atom stereocenters. The Morgan fingerprint density at radius 2 is 2.11 bits per heavy atom. The molecule has 1 amide bonds. The van der Waals surface area contributed by atoms with Crippen LogP contribution in [0.3, 0.4) is 0 Å². The van der Waals surface area contributed by atoms with Crippen molar-refractivity contribution >= 4 is 16.8 Å². The molecular formula is C22H26N4O2.